The van der Waals surface area contributed by atoms with Gasteiger partial charge in [-0.05, 0) is 41.8 Å². The average molecular weight is 313 g/mol. The van der Waals surface area contributed by atoms with Crippen LogP contribution in [0.2, 0.25) is 10.0 Å². The van der Waals surface area contributed by atoms with E-state index in [4.69, 9.17) is 23.2 Å². The van der Waals surface area contributed by atoms with E-state index in [2.05, 4.69) is 0 Å². The van der Waals surface area contributed by atoms with E-state index in [0.717, 1.165) is 5.56 Å². The fourth-order valence-corrected chi connectivity index (χ4v) is 2.27. The largest absolute Gasteiger partial charge is 0.481 e. The molecule has 0 saturated carbocycles. The van der Waals surface area contributed by atoms with Crippen LogP contribution in [0.3, 0.4) is 0 Å². The Morgan fingerprint density at radius 1 is 1.10 bits per heavy atom. The highest BCUT2D eigenvalue weighted by molar-refractivity contribution is 6.42. The fourth-order valence-electron chi connectivity index (χ4n) is 1.95. The summed E-state index contributed by atoms with van der Waals surface area (Å²) in [6.07, 6.45) is 0.262. The zero-order valence-electron chi connectivity index (χ0n) is 10.3. The minimum Gasteiger partial charge on any atom is -0.481 e. The molecule has 0 aromatic heterocycles. The van der Waals surface area contributed by atoms with Crippen LogP contribution in [-0.2, 0) is 11.2 Å². The second kappa shape index (κ2) is 6.25. The van der Waals surface area contributed by atoms with Crippen molar-refractivity contribution in [3.05, 3.63) is 69.5 Å². The molecule has 5 heteroatoms. The maximum absolute atomic E-state index is 12.9. The van der Waals surface area contributed by atoms with Gasteiger partial charge in [0.05, 0.1) is 16.0 Å². The van der Waals surface area contributed by atoms with Gasteiger partial charge in [-0.15, -0.1) is 0 Å². The van der Waals surface area contributed by atoms with Crippen LogP contribution in [0.4, 0.5) is 4.39 Å². The van der Waals surface area contributed by atoms with Crippen molar-refractivity contribution in [1.82, 2.24) is 0 Å². The number of aliphatic carboxylic acids is 1. The SMILES string of the molecule is O=C(O)C(Cc1ccc(Cl)c(Cl)c1)c1ccc(F)cc1. The van der Waals surface area contributed by atoms with Gasteiger partial charge in [0.1, 0.15) is 5.82 Å². The van der Waals surface area contributed by atoms with Gasteiger partial charge in [-0.1, -0.05) is 41.4 Å². The molecule has 1 atom stereocenters. The third kappa shape index (κ3) is 3.50. The van der Waals surface area contributed by atoms with Crippen LogP contribution in [0.5, 0.6) is 0 Å². The van der Waals surface area contributed by atoms with E-state index in [-0.39, 0.29) is 6.42 Å². The molecular weight excluding hydrogens is 302 g/mol. The quantitative estimate of drug-likeness (QED) is 0.899. The molecule has 20 heavy (non-hydrogen) atoms. The molecule has 0 bridgehead atoms. The lowest BCUT2D eigenvalue weighted by Gasteiger charge is -2.13. The van der Waals surface area contributed by atoms with Crippen molar-refractivity contribution in [2.75, 3.05) is 0 Å². The summed E-state index contributed by atoms with van der Waals surface area (Å²) < 4.78 is 12.9. The third-order valence-corrected chi connectivity index (χ3v) is 3.73. The van der Waals surface area contributed by atoms with Crippen LogP contribution in [0.1, 0.15) is 17.0 Å². The number of benzene rings is 2. The van der Waals surface area contributed by atoms with Gasteiger partial charge in [0, 0.05) is 0 Å². The summed E-state index contributed by atoms with van der Waals surface area (Å²) in [7, 11) is 0. The molecule has 2 rings (SSSR count). The molecule has 1 N–H and O–H groups in total. The van der Waals surface area contributed by atoms with E-state index in [1.54, 1.807) is 18.2 Å². The van der Waals surface area contributed by atoms with E-state index in [1.807, 2.05) is 0 Å². The van der Waals surface area contributed by atoms with Gasteiger partial charge in [-0.3, -0.25) is 4.79 Å². The standard InChI is InChI=1S/C15H11Cl2FO2/c16-13-6-1-9(8-14(13)17)7-12(15(19)20)10-2-4-11(18)5-3-10/h1-6,8,12H,7H2,(H,19,20). The normalized spacial score (nSPS) is 12.2. The molecule has 1 unspecified atom stereocenters. The Hall–Kier alpha value is -1.58. The highest BCUT2D eigenvalue weighted by Gasteiger charge is 2.20. The van der Waals surface area contributed by atoms with Crippen molar-refractivity contribution in [3.63, 3.8) is 0 Å². The second-order valence-electron chi connectivity index (χ2n) is 4.39. The smallest absolute Gasteiger partial charge is 0.311 e. The van der Waals surface area contributed by atoms with Crippen molar-refractivity contribution in [3.8, 4) is 0 Å². The molecule has 0 fully saturated rings. The fraction of sp³-hybridized carbons (Fsp3) is 0.133. The minimum absolute atomic E-state index is 0.262. The number of halogens is 3. The Morgan fingerprint density at radius 2 is 1.75 bits per heavy atom. The first-order chi connectivity index (χ1) is 9.47. The average Bonchev–Trinajstić information content (AvgIpc) is 2.41. The van der Waals surface area contributed by atoms with Crippen molar-refractivity contribution in [1.29, 1.82) is 0 Å². The lowest BCUT2D eigenvalue weighted by molar-refractivity contribution is -0.138. The molecule has 0 heterocycles. The lowest BCUT2D eigenvalue weighted by Crippen LogP contribution is -2.14. The van der Waals surface area contributed by atoms with Crippen LogP contribution in [0.25, 0.3) is 0 Å². The summed E-state index contributed by atoms with van der Waals surface area (Å²) in [4.78, 5) is 11.4. The maximum Gasteiger partial charge on any atom is 0.311 e. The zero-order chi connectivity index (χ0) is 14.7. The van der Waals surface area contributed by atoms with Gasteiger partial charge in [0.25, 0.3) is 0 Å². The second-order valence-corrected chi connectivity index (χ2v) is 5.21. The number of hydrogen-bond acceptors (Lipinski definition) is 1. The molecule has 2 aromatic rings. The first-order valence-electron chi connectivity index (χ1n) is 5.89. The molecule has 0 saturated heterocycles. The molecule has 2 nitrogen and oxygen atoms in total. The number of rotatable bonds is 4. The van der Waals surface area contributed by atoms with Crippen LogP contribution in [0.15, 0.2) is 42.5 Å². The topological polar surface area (TPSA) is 37.3 Å². The molecule has 0 aliphatic carbocycles. The molecule has 0 aliphatic rings. The first kappa shape index (κ1) is 14.8. The van der Waals surface area contributed by atoms with Crippen molar-refractivity contribution in [2.45, 2.75) is 12.3 Å². The number of carboxylic acids is 1. The summed E-state index contributed by atoms with van der Waals surface area (Å²) in [5.41, 5.74) is 1.31. The van der Waals surface area contributed by atoms with E-state index in [1.165, 1.54) is 24.3 Å². The number of carbonyl (C=O) groups is 1. The molecule has 104 valence electrons. The highest BCUT2D eigenvalue weighted by atomic mass is 35.5. The predicted molar refractivity (Wildman–Crippen MR) is 76.9 cm³/mol. The first-order valence-corrected chi connectivity index (χ1v) is 6.65. The van der Waals surface area contributed by atoms with Crippen molar-refractivity contribution >= 4 is 29.2 Å². The molecular formula is C15H11Cl2FO2. The molecule has 0 radical (unpaired) electrons. The van der Waals surface area contributed by atoms with Gasteiger partial charge < -0.3 is 5.11 Å². The Balaban J connectivity index is 2.27. The van der Waals surface area contributed by atoms with E-state index < -0.39 is 17.7 Å². The Bertz CT molecular complexity index is 626. The van der Waals surface area contributed by atoms with Crippen LogP contribution >= 0.6 is 23.2 Å². The van der Waals surface area contributed by atoms with Crippen LogP contribution in [0, 0.1) is 5.82 Å². The predicted octanol–water partition coefficient (Wildman–Crippen LogP) is 4.54. The Kier molecular flexibility index (Phi) is 4.63. The summed E-state index contributed by atoms with van der Waals surface area (Å²) in [5, 5.41) is 10.1. The van der Waals surface area contributed by atoms with Gasteiger partial charge in [0.15, 0.2) is 0 Å². The Morgan fingerprint density at radius 3 is 2.30 bits per heavy atom. The van der Waals surface area contributed by atoms with Gasteiger partial charge in [0.2, 0.25) is 0 Å². The van der Waals surface area contributed by atoms with Crippen molar-refractivity contribution < 1.29 is 14.3 Å². The summed E-state index contributed by atoms with van der Waals surface area (Å²) >= 11 is 11.7. The molecule has 0 aliphatic heterocycles. The maximum atomic E-state index is 12.9. The summed E-state index contributed by atoms with van der Waals surface area (Å²) in [6.45, 7) is 0. The third-order valence-electron chi connectivity index (χ3n) is 2.99. The zero-order valence-corrected chi connectivity index (χ0v) is 11.8. The van der Waals surface area contributed by atoms with Gasteiger partial charge >= 0.3 is 5.97 Å². The number of hydrogen-bond donors (Lipinski definition) is 1. The molecule has 2 aromatic carbocycles. The van der Waals surface area contributed by atoms with Crippen molar-refractivity contribution in [2.24, 2.45) is 0 Å². The Labute approximate surface area is 125 Å². The summed E-state index contributed by atoms with van der Waals surface area (Å²) in [5.74, 6) is -2.12. The van der Waals surface area contributed by atoms with E-state index in [9.17, 15) is 14.3 Å². The highest BCUT2D eigenvalue weighted by Crippen LogP contribution is 2.27. The number of carboxylic acid groups (broad SMARTS) is 1. The van der Waals surface area contributed by atoms with E-state index >= 15 is 0 Å². The molecule has 0 spiro atoms. The lowest BCUT2D eigenvalue weighted by atomic mass is 9.92. The van der Waals surface area contributed by atoms with Gasteiger partial charge in [-0.2, -0.15) is 0 Å². The molecule has 0 amide bonds. The van der Waals surface area contributed by atoms with E-state index in [0.29, 0.717) is 15.6 Å². The monoisotopic (exact) mass is 312 g/mol. The summed E-state index contributed by atoms with van der Waals surface area (Å²) in [6, 6.07) is 10.5. The van der Waals surface area contributed by atoms with Crippen LogP contribution in [-0.4, -0.2) is 11.1 Å². The van der Waals surface area contributed by atoms with Gasteiger partial charge in [-0.25, -0.2) is 4.39 Å². The minimum atomic E-state index is -0.970. The van der Waals surface area contributed by atoms with Crippen LogP contribution < -0.4 is 0 Å².